The number of methoxy groups -OCH3 is 1. The van der Waals surface area contributed by atoms with E-state index in [0.29, 0.717) is 29.2 Å². The third kappa shape index (κ3) is 5.79. The number of thioether (sulfide) groups is 1. The van der Waals surface area contributed by atoms with Crippen LogP contribution in [0.25, 0.3) is 5.69 Å². The molecule has 4 rings (SSSR count). The molecule has 2 heterocycles. The zero-order chi connectivity index (χ0) is 22.2. The lowest BCUT2D eigenvalue weighted by atomic mass is 9.90. The molecule has 1 amide bonds. The average molecular weight is 454 g/mol. The van der Waals surface area contributed by atoms with E-state index >= 15 is 0 Å². The third-order valence-corrected chi connectivity index (χ3v) is 6.37. The molecule has 1 aliphatic rings. The van der Waals surface area contributed by atoms with Gasteiger partial charge in [0.2, 0.25) is 5.91 Å². The van der Waals surface area contributed by atoms with Crippen LogP contribution in [0.4, 0.5) is 5.82 Å². The first-order valence-corrected chi connectivity index (χ1v) is 11.8. The van der Waals surface area contributed by atoms with Crippen LogP contribution in [-0.4, -0.2) is 45.1 Å². The minimum Gasteiger partial charge on any atom is -0.497 e. The van der Waals surface area contributed by atoms with Crippen LogP contribution in [0.3, 0.4) is 0 Å². The van der Waals surface area contributed by atoms with E-state index in [9.17, 15) is 4.79 Å². The van der Waals surface area contributed by atoms with Gasteiger partial charge in [0, 0.05) is 11.9 Å². The number of rotatable bonds is 9. The number of amides is 1. The van der Waals surface area contributed by atoms with E-state index in [0.717, 1.165) is 11.4 Å². The highest BCUT2D eigenvalue weighted by Gasteiger charge is 2.16. The summed E-state index contributed by atoms with van der Waals surface area (Å²) in [4.78, 5) is 16.9. The molecule has 168 valence electrons. The quantitative estimate of drug-likeness (QED) is 0.481. The molecule has 2 aromatic heterocycles. The number of anilines is 1. The van der Waals surface area contributed by atoms with Crippen molar-refractivity contribution in [3.8, 4) is 17.2 Å². The monoisotopic (exact) mass is 453 g/mol. The van der Waals surface area contributed by atoms with Gasteiger partial charge >= 0.3 is 0 Å². The summed E-state index contributed by atoms with van der Waals surface area (Å²) in [5, 5.41) is 11.6. The van der Waals surface area contributed by atoms with Gasteiger partial charge in [-0.25, -0.2) is 4.98 Å². The number of carbonyl (C=O) groups is 1. The van der Waals surface area contributed by atoms with Crippen LogP contribution in [-0.2, 0) is 4.79 Å². The number of nitrogens with zero attached hydrogens (tertiary/aromatic N) is 4. The zero-order valence-electron chi connectivity index (χ0n) is 18.1. The predicted molar refractivity (Wildman–Crippen MR) is 124 cm³/mol. The molecule has 8 nitrogen and oxygen atoms in total. The summed E-state index contributed by atoms with van der Waals surface area (Å²) in [6.07, 6.45) is 9.52. The molecule has 0 atom stereocenters. The molecule has 0 unspecified atom stereocenters. The number of hydrogen-bond donors (Lipinski definition) is 1. The Balaban J connectivity index is 1.33. The van der Waals surface area contributed by atoms with Gasteiger partial charge < -0.3 is 14.8 Å². The van der Waals surface area contributed by atoms with Crippen molar-refractivity contribution in [2.75, 3.05) is 24.8 Å². The van der Waals surface area contributed by atoms with Crippen LogP contribution in [0.2, 0.25) is 0 Å². The van der Waals surface area contributed by atoms with Crippen LogP contribution in [0.1, 0.15) is 32.1 Å². The molecule has 3 aromatic rings. The number of nitrogens with one attached hydrogen (secondary N) is 1. The van der Waals surface area contributed by atoms with Crippen molar-refractivity contribution in [1.82, 2.24) is 19.7 Å². The summed E-state index contributed by atoms with van der Waals surface area (Å²) in [6, 6.07) is 11.2. The number of benzene rings is 1. The average Bonchev–Trinajstić information content (AvgIpc) is 3.31. The normalized spacial score (nSPS) is 14.2. The highest BCUT2D eigenvalue weighted by Crippen LogP contribution is 2.27. The van der Waals surface area contributed by atoms with Crippen LogP contribution in [0, 0.1) is 5.92 Å². The Kier molecular flexibility index (Phi) is 7.60. The van der Waals surface area contributed by atoms with Crippen molar-refractivity contribution in [2.45, 2.75) is 37.3 Å². The van der Waals surface area contributed by atoms with Crippen molar-refractivity contribution in [3.63, 3.8) is 0 Å². The fraction of sp³-hybridized carbons (Fsp3) is 0.391. The van der Waals surface area contributed by atoms with Crippen LogP contribution < -0.4 is 14.8 Å². The lowest BCUT2D eigenvalue weighted by molar-refractivity contribution is -0.113. The summed E-state index contributed by atoms with van der Waals surface area (Å²) in [5.74, 6) is 2.40. The predicted octanol–water partition coefficient (Wildman–Crippen LogP) is 4.36. The van der Waals surface area contributed by atoms with E-state index in [1.54, 1.807) is 19.6 Å². The topological polar surface area (TPSA) is 91.2 Å². The maximum Gasteiger partial charge on any atom is 0.236 e. The minimum absolute atomic E-state index is 0.174. The molecule has 1 fully saturated rings. The van der Waals surface area contributed by atoms with Gasteiger partial charge in [-0.15, -0.1) is 10.2 Å². The van der Waals surface area contributed by atoms with E-state index in [4.69, 9.17) is 9.47 Å². The largest absolute Gasteiger partial charge is 0.497 e. The molecule has 1 N–H and O–H groups in total. The molecule has 0 bridgehead atoms. The molecule has 0 saturated heterocycles. The molecule has 0 spiro atoms. The number of ether oxygens (including phenoxy) is 2. The minimum atomic E-state index is -0.180. The molecule has 1 aliphatic carbocycles. The molecule has 1 aromatic carbocycles. The summed E-state index contributed by atoms with van der Waals surface area (Å²) < 4.78 is 13.0. The molecule has 0 aliphatic heterocycles. The van der Waals surface area contributed by atoms with Gasteiger partial charge in [-0.2, -0.15) is 0 Å². The standard InChI is InChI=1S/C23H27N5O3S/c1-30-19-11-9-18(10-12-19)28-16-25-27-23(28)32-15-21(29)26-22-20(8-5-13-24-22)31-14-17-6-3-2-4-7-17/h5,8-13,16-17H,2-4,6-7,14-15H2,1H3,(H,24,26,29). The van der Waals surface area contributed by atoms with Gasteiger partial charge in [-0.3, -0.25) is 9.36 Å². The summed E-state index contributed by atoms with van der Waals surface area (Å²) in [5.41, 5.74) is 0.891. The first-order valence-electron chi connectivity index (χ1n) is 10.8. The lowest BCUT2D eigenvalue weighted by Gasteiger charge is -2.22. The Bertz CT molecular complexity index is 1020. The second-order valence-electron chi connectivity index (χ2n) is 7.68. The van der Waals surface area contributed by atoms with Gasteiger partial charge in [0.15, 0.2) is 16.7 Å². The highest BCUT2D eigenvalue weighted by molar-refractivity contribution is 7.99. The second-order valence-corrected chi connectivity index (χ2v) is 8.63. The maximum absolute atomic E-state index is 12.6. The van der Waals surface area contributed by atoms with E-state index < -0.39 is 0 Å². The summed E-state index contributed by atoms with van der Waals surface area (Å²) in [6.45, 7) is 0.661. The Labute approximate surface area is 191 Å². The van der Waals surface area contributed by atoms with Gasteiger partial charge in [0.1, 0.15) is 12.1 Å². The Morgan fingerprint density at radius 1 is 1.19 bits per heavy atom. The molecule has 9 heteroatoms. The van der Waals surface area contributed by atoms with Gasteiger partial charge in [0.05, 0.1) is 19.5 Å². The van der Waals surface area contributed by atoms with E-state index in [1.807, 2.05) is 41.0 Å². The molecule has 32 heavy (non-hydrogen) atoms. The molecule has 1 saturated carbocycles. The van der Waals surface area contributed by atoms with Crippen molar-refractivity contribution in [1.29, 1.82) is 0 Å². The van der Waals surface area contributed by atoms with Gasteiger partial charge in [-0.1, -0.05) is 31.0 Å². The van der Waals surface area contributed by atoms with Gasteiger partial charge in [-0.05, 0) is 55.2 Å². The summed E-state index contributed by atoms with van der Waals surface area (Å²) in [7, 11) is 1.63. The first kappa shape index (κ1) is 22.1. The second kappa shape index (κ2) is 11.0. The SMILES string of the molecule is COc1ccc(-n2cnnc2SCC(=O)Nc2ncccc2OCC2CCCCC2)cc1. The summed E-state index contributed by atoms with van der Waals surface area (Å²) >= 11 is 1.31. The Hall–Kier alpha value is -3.07. The Morgan fingerprint density at radius 2 is 2.00 bits per heavy atom. The molecular formula is C23H27N5O3S. The Morgan fingerprint density at radius 3 is 2.78 bits per heavy atom. The molecule has 0 radical (unpaired) electrons. The van der Waals surface area contributed by atoms with Gasteiger partial charge in [0.25, 0.3) is 0 Å². The van der Waals surface area contributed by atoms with E-state index in [-0.39, 0.29) is 11.7 Å². The zero-order valence-corrected chi connectivity index (χ0v) is 18.9. The molecular weight excluding hydrogens is 426 g/mol. The van der Waals surface area contributed by atoms with Crippen molar-refractivity contribution < 1.29 is 14.3 Å². The van der Waals surface area contributed by atoms with Crippen LogP contribution >= 0.6 is 11.8 Å². The highest BCUT2D eigenvalue weighted by atomic mass is 32.2. The number of pyridine rings is 1. The lowest BCUT2D eigenvalue weighted by Crippen LogP contribution is -2.18. The number of aromatic nitrogens is 4. The van der Waals surface area contributed by atoms with E-state index in [2.05, 4.69) is 20.5 Å². The number of carbonyl (C=O) groups excluding carboxylic acids is 1. The van der Waals surface area contributed by atoms with Crippen molar-refractivity contribution >= 4 is 23.5 Å². The first-order chi connectivity index (χ1) is 15.7. The van der Waals surface area contributed by atoms with E-state index in [1.165, 1.54) is 43.9 Å². The fourth-order valence-corrected chi connectivity index (χ4v) is 4.43. The number of hydrogen-bond acceptors (Lipinski definition) is 7. The fourth-order valence-electron chi connectivity index (χ4n) is 3.70. The van der Waals surface area contributed by atoms with Crippen molar-refractivity contribution in [3.05, 3.63) is 48.9 Å². The van der Waals surface area contributed by atoms with Crippen LogP contribution in [0.5, 0.6) is 11.5 Å². The third-order valence-electron chi connectivity index (χ3n) is 5.43. The maximum atomic E-state index is 12.6. The van der Waals surface area contributed by atoms with Crippen molar-refractivity contribution in [2.24, 2.45) is 5.92 Å². The smallest absolute Gasteiger partial charge is 0.236 e. The van der Waals surface area contributed by atoms with Crippen LogP contribution in [0.15, 0.2) is 54.1 Å².